The molecule has 260 valence electrons. The molecule has 0 atom stereocenters. The first kappa shape index (κ1) is 32.7. The number of benzene rings is 8. The number of fused-ring (bicyclic) bond motifs is 4. The van der Waals surface area contributed by atoms with Gasteiger partial charge in [-0.05, 0) is 84.6 Å². The number of nitrogens with zero attached hydrogens (tertiary/aromatic N) is 2. The fraction of sp³-hybridized carbons (Fsp3) is 0.0566. The van der Waals surface area contributed by atoms with Crippen molar-refractivity contribution < 1.29 is 0 Å². The third kappa shape index (κ3) is 5.75. The maximum atomic E-state index is 5.20. The van der Waals surface area contributed by atoms with Gasteiger partial charge in [0, 0.05) is 22.1 Å². The Morgan fingerprint density at radius 2 is 0.836 bits per heavy atom. The van der Waals surface area contributed by atoms with Crippen LogP contribution in [0.4, 0.5) is 0 Å². The lowest BCUT2D eigenvalue weighted by Crippen LogP contribution is -2.14. The van der Waals surface area contributed by atoms with E-state index >= 15 is 0 Å². The summed E-state index contributed by atoms with van der Waals surface area (Å²) in [5.74, 6) is 0.707. The number of aromatic nitrogens is 2. The Labute approximate surface area is 322 Å². The van der Waals surface area contributed by atoms with Crippen LogP contribution < -0.4 is 0 Å². The third-order valence-electron chi connectivity index (χ3n) is 11.3. The van der Waals surface area contributed by atoms with Crippen molar-refractivity contribution in [3.63, 3.8) is 0 Å². The van der Waals surface area contributed by atoms with Crippen molar-refractivity contribution in [3.8, 4) is 78.4 Å². The van der Waals surface area contributed by atoms with Crippen LogP contribution in [0, 0.1) is 0 Å². The molecule has 0 radical (unpaired) electrons. The molecule has 0 bridgehead atoms. The van der Waals surface area contributed by atoms with Crippen molar-refractivity contribution in [2.24, 2.45) is 0 Å². The average Bonchev–Trinajstić information content (AvgIpc) is 3.48. The van der Waals surface area contributed by atoms with Gasteiger partial charge in [0.05, 0.1) is 11.4 Å². The highest BCUT2D eigenvalue weighted by molar-refractivity contribution is 5.98. The Bertz CT molecular complexity index is 2850. The van der Waals surface area contributed by atoms with E-state index in [0.29, 0.717) is 5.82 Å². The molecule has 1 aliphatic rings. The first-order valence-corrected chi connectivity index (χ1v) is 19.0. The summed E-state index contributed by atoms with van der Waals surface area (Å²) in [6.07, 6.45) is 0. The van der Waals surface area contributed by atoms with Crippen LogP contribution in [-0.2, 0) is 5.41 Å². The van der Waals surface area contributed by atoms with Crippen molar-refractivity contribution in [2.45, 2.75) is 19.3 Å². The van der Waals surface area contributed by atoms with E-state index in [0.717, 1.165) is 39.2 Å². The molecule has 55 heavy (non-hydrogen) atoms. The maximum absolute atomic E-state index is 5.20. The van der Waals surface area contributed by atoms with Crippen LogP contribution in [0.1, 0.15) is 25.0 Å². The molecule has 2 heteroatoms. The number of hydrogen-bond donors (Lipinski definition) is 0. The second-order valence-corrected chi connectivity index (χ2v) is 15.0. The summed E-state index contributed by atoms with van der Waals surface area (Å²) in [6, 6.07) is 69.5. The normalized spacial score (nSPS) is 12.7. The molecular weight excluding hydrogens is 665 g/mol. The molecule has 1 aromatic heterocycles. The number of rotatable bonds is 6. The lowest BCUT2D eigenvalue weighted by atomic mass is 9.81. The third-order valence-corrected chi connectivity index (χ3v) is 11.3. The topological polar surface area (TPSA) is 25.8 Å². The van der Waals surface area contributed by atoms with Gasteiger partial charge in [0.15, 0.2) is 5.82 Å². The molecule has 0 amide bonds. The zero-order chi connectivity index (χ0) is 36.9. The second kappa shape index (κ2) is 13.2. The Morgan fingerprint density at radius 1 is 0.327 bits per heavy atom. The molecule has 0 saturated heterocycles. The predicted molar refractivity (Wildman–Crippen MR) is 230 cm³/mol. The summed E-state index contributed by atoms with van der Waals surface area (Å²) >= 11 is 0. The van der Waals surface area contributed by atoms with E-state index in [-0.39, 0.29) is 5.41 Å². The van der Waals surface area contributed by atoms with E-state index in [2.05, 4.69) is 190 Å². The molecular formula is C53H38N2. The monoisotopic (exact) mass is 702 g/mol. The maximum Gasteiger partial charge on any atom is 0.160 e. The van der Waals surface area contributed by atoms with Crippen LogP contribution in [0.5, 0.6) is 0 Å². The van der Waals surface area contributed by atoms with Crippen LogP contribution in [0.3, 0.4) is 0 Å². The van der Waals surface area contributed by atoms with Crippen LogP contribution in [-0.4, -0.2) is 9.97 Å². The van der Waals surface area contributed by atoms with E-state index in [1.165, 1.54) is 55.3 Å². The molecule has 2 nitrogen and oxygen atoms in total. The van der Waals surface area contributed by atoms with Gasteiger partial charge in [0.2, 0.25) is 0 Å². The molecule has 0 spiro atoms. The van der Waals surface area contributed by atoms with E-state index in [9.17, 15) is 0 Å². The quantitative estimate of drug-likeness (QED) is 0.172. The molecule has 0 unspecified atom stereocenters. The average molecular weight is 703 g/mol. The summed E-state index contributed by atoms with van der Waals surface area (Å²) in [5.41, 5.74) is 17.4. The Kier molecular flexibility index (Phi) is 7.85. The van der Waals surface area contributed by atoms with Gasteiger partial charge in [-0.15, -0.1) is 0 Å². The summed E-state index contributed by atoms with van der Waals surface area (Å²) in [6.45, 7) is 4.71. The zero-order valence-electron chi connectivity index (χ0n) is 30.9. The fourth-order valence-corrected chi connectivity index (χ4v) is 8.41. The van der Waals surface area contributed by atoms with Crippen molar-refractivity contribution in [3.05, 3.63) is 205 Å². The van der Waals surface area contributed by atoms with E-state index < -0.39 is 0 Å². The molecule has 0 aliphatic heterocycles. The van der Waals surface area contributed by atoms with Gasteiger partial charge in [0.1, 0.15) is 0 Å². The lowest BCUT2D eigenvalue weighted by Gasteiger charge is -2.22. The van der Waals surface area contributed by atoms with Gasteiger partial charge in [-0.3, -0.25) is 0 Å². The largest absolute Gasteiger partial charge is 0.228 e. The van der Waals surface area contributed by atoms with Gasteiger partial charge in [-0.2, -0.15) is 0 Å². The minimum atomic E-state index is -0.0872. The first-order valence-electron chi connectivity index (χ1n) is 19.0. The highest BCUT2D eigenvalue weighted by Gasteiger charge is 2.37. The first-order chi connectivity index (χ1) is 27.0. The Hall–Kier alpha value is -6.90. The molecule has 10 rings (SSSR count). The van der Waals surface area contributed by atoms with Gasteiger partial charge in [0.25, 0.3) is 0 Å². The molecule has 0 saturated carbocycles. The minimum Gasteiger partial charge on any atom is -0.228 e. The summed E-state index contributed by atoms with van der Waals surface area (Å²) in [5, 5.41) is 2.56. The fourth-order valence-electron chi connectivity index (χ4n) is 8.41. The summed E-state index contributed by atoms with van der Waals surface area (Å²) in [4.78, 5) is 10.4. The molecule has 8 aromatic carbocycles. The van der Waals surface area contributed by atoms with Crippen molar-refractivity contribution >= 4 is 10.8 Å². The molecule has 9 aromatic rings. The van der Waals surface area contributed by atoms with Crippen LogP contribution in [0.15, 0.2) is 194 Å². The molecule has 1 aliphatic carbocycles. The standard InChI is InChI=1S/C53H38N2/c1-53(2)47-23-13-22-44(51(47)46-32-41-18-9-10-19-42(41)33-48(46)53)38-28-30-39(31-29-38)49-34-50(55-52(54-49)40-16-7-4-8-17-40)45-21-12-11-20-43(45)37-26-24-36(25-27-37)35-14-5-3-6-15-35/h3-34H,1-2H3. The van der Waals surface area contributed by atoms with Gasteiger partial charge >= 0.3 is 0 Å². The van der Waals surface area contributed by atoms with Gasteiger partial charge < -0.3 is 0 Å². The Morgan fingerprint density at radius 3 is 1.55 bits per heavy atom. The van der Waals surface area contributed by atoms with Crippen molar-refractivity contribution in [1.82, 2.24) is 9.97 Å². The van der Waals surface area contributed by atoms with Gasteiger partial charge in [-0.25, -0.2) is 9.97 Å². The predicted octanol–water partition coefficient (Wildman–Crippen LogP) is 13.9. The molecule has 0 N–H and O–H groups in total. The van der Waals surface area contributed by atoms with Crippen LogP contribution in [0.25, 0.3) is 89.2 Å². The summed E-state index contributed by atoms with van der Waals surface area (Å²) < 4.78 is 0. The zero-order valence-corrected chi connectivity index (χ0v) is 30.9. The molecule has 0 fully saturated rings. The number of hydrogen-bond acceptors (Lipinski definition) is 2. The second-order valence-electron chi connectivity index (χ2n) is 15.0. The highest BCUT2D eigenvalue weighted by Crippen LogP contribution is 2.53. The highest BCUT2D eigenvalue weighted by atomic mass is 14.9. The SMILES string of the molecule is CC1(C)c2cc3ccccc3cc2-c2c(-c3ccc(-c4cc(-c5ccccc5-c5ccc(-c6ccccc6)cc5)nc(-c5ccccc5)n4)cc3)cccc21. The van der Waals surface area contributed by atoms with Crippen LogP contribution in [0.2, 0.25) is 0 Å². The van der Waals surface area contributed by atoms with E-state index in [4.69, 9.17) is 9.97 Å². The van der Waals surface area contributed by atoms with Crippen LogP contribution >= 0.6 is 0 Å². The smallest absolute Gasteiger partial charge is 0.160 e. The van der Waals surface area contributed by atoms with Crippen molar-refractivity contribution in [2.75, 3.05) is 0 Å². The minimum absolute atomic E-state index is 0.0872. The van der Waals surface area contributed by atoms with Gasteiger partial charge in [-0.1, -0.05) is 190 Å². The Balaban J connectivity index is 1.06. The van der Waals surface area contributed by atoms with E-state index in [1.807, 2.05) is 18.2 Å². The van der Waals surface area contributed by atoms with E-state index in [1.54, 1.807) is 0 Å². The van der Waals surface area contributed by atoms with Crippen molar-refractivity contribution in [1.29, 1.82) is 0 Å². The molecule has 1 heterocycles. The lowest BCUT2D eigenvalue weighted by molar-refractivity contribution is 0.661. The summed E-state index contributed by atoms with van der Waals surface area (Å²) in [7, 11) is 0.